The predicted molar refractivity (Wildman–Crippen MR) is 68.2 cm³/mol. The summed E-state index contributed by atoms with van der Waals surface area (Å²) in [7, 11) is 1.89. The summed E-state index contributed by atoms with van der Waals surface area (Å²) >= 11 is 1.66. The number of aryl methyl sites for hydroxylation is 1. The van der Waals surface area contributed by atoms with Crippen molar-refractivity contribution in [3.63, 3.8) is 0 Å². The Hall–Kier alpha value is -1.68. The van der Waals surface area contributed by atoms with Gasteiger partial charge in [0, 0.05) is 23.2 Å². The molecule has 0 N–H and O–H groups in total. The van der Waals surface area contributed by atoms with Gasteiger partial charge in [-0.1, -0.05) is 6.07 Å². The second kappa shape index (κ2) is 3.96. The van der Waals surface area contributed by atoms with Gasteiger partial charge in [0.15, 0.2) is 5.78 Å². The molecule has 1 aliphatic carbocycles. The fourth-order valence-electron chi connectivity index (χ4n) is 2.17. The predicted octanol–water partition coefficient (Wildman–Crippen LogP) is 2.69. The van der Waals surface area contributed by atoms with Gasteiger partial charge in [-0.15, -0.1) is 11.3 Å². The minimum atomic E-state index is 0.132. The van der Waals surface area contributed by atoms with Crippen molar-refractivity contribution in [3.8, 4) is 0 Å². The zero-order chi connectivity index (χ0) is 11.8. The van der Waals surface area contributed by atoms with Crippen LogP contribution in [0.3, 0.4) is 0 Å². The van der Waals surface area contributed by atoms with Crippen LogP contribution in [0.1, 0.15) is 27.3 Å². The first-order chi connectivity index (χ1) is 8.25. The number of rotatable bonds is 1. The Kier molecular flexibility index (Phi) is 2.44. The topological polar surface area (TPSA) is 34.9 Å². The van der Waals surface area contributed by atoms with Crippen LogP contribution in [0.15, 0.2) is 29.3 Å². The van der Waals surface area contributed by atoms with Gasteiger partial charge in [0.2, 0.25) is 0 Å². The Morgan fingerprint density at radius 3 is 3.12 bits per heavy atom. The normalized spacial score (nSPS) is 17.5. The molecule has 3 nitrogen and oxygen atoms in total. The third kappa shape index (κ3) is 1.74. The number of aromatic nitrogens is 2. The van der Waals surface area contributed by atoms with Crippen LogP contribution in [0.4, 0.5) is 0 Å². The lowest BCUT2D eigenvalue weighted by molar-refractivity contribution is 0.102. The monoisotopic (exact) mass is 244 g/mol. The van der Waals surface area contributed by atoms with Crippen molar-refractivity contribution in [2.45, 2.75) is 12.8 Å². The molecule has 2 aromatic rings. The van der Waals surface area contributed by atoms with Crippen LogP contribution >= 0.6 is 11.3 Å². The molecule has 0 saturated carbocycles. The van der Waals surface area contributed by atoms with E-state index < -0.39 is 0 Å². The van der Waals surface area contributed by atoms with E-state index in [1.807, 2.05) is 30.6 Å². The van der Waals surface area contributed by atoms with Gasteiger partial charge in [-0.25, -0.2) is 0 Å². The van der Waals surface area contributed by atoms with Crippen LogP contribution in [0.2, 0.25) is 0 Å². The molecule has 0 fully saturated rings. The fourth-order valence-corrected chi connectivity index (χ4v) is 2.85. The smallest absolute Gasteiger partial charge is 0.192 e. The van der Waals surface area contributed by atoms with Crippen molar-refractivity contribution >= 4 is 23.2 Å². The van der Waals surface area contributed by atoms with E-state index in [2.05, 4.69) is 5.10 Å². The summed E-state index contributed by atoms with van der Waals surface area (Å²) < 4.78 is 1.80. The maximum absolute atomic E-state index is 12.2. The lowest BCUT2D eigenvalue weighted by Gasteiger charge is -2.14. The number of nitrogens with zero attached hydrogens (tertiary/aromatic N) is 2. The molecular formula is C13H12N2OS. The number of hydrogen-bond donors (Lipinski definition) is 0. The lowest BCUT2D eigenvalue weighted by Crippen LogP contribution is -2.14. The number of fused-ring (bicyclic) bond motifs is 1. The first kappa shape index (κ1) is 10.5. The molecule has 0 aromatic carbocycles. The molecule has 0 aliphatic heterocycles. The molecule has 0 radical (unpaired) electrons. The average Bonchev–Trinajstić information content (AvgIpc) is 2.93. The van der Waals surface area contributed by atoms with E-state index in [9.17, 15) is 4.79 Å². The average molecular weight is 244 g/mol. The van der Waals surface area contributed by atoms with Gasteiger partial charge in [-0.05, 0) is 30.4 Å². The molecule has 0 atom stereocenters. The van der Waals surface area contributed by atoms with Crippen molar-refractivity contribution < 1.29 is 4.79 Å². The van der Waals surface area contributed by atoms with E-state index in [4.69, 9.17) is 0 Å². The Morgan fingerprint density at radius 2 is 2.35 bits per heavy atom. The summed E-state index contributed by atoms with van der Waals surface area (Å²) in [6, 6.07) is 4.03. The fraction of sp³-hybridized carbons (Fsp3) is 0.231. The van der Waals surface area contributed by atoms with E-state index in [0.717, 1.165) is 34.5 Å². The van der Waals surface area contributed by atoms with E-state index >= 15 is 0 Å². The maximum atomic E-state index is 12.2. The first-order valence-electron chi connectivity index (χ1n) is 5.55. The van der Waals surface area contributed by atoms with Crippen LogP contribution in [-0.4, -0.2) is 15.6 Å². The van der Waals surface area contributed by atoms with Crippen LogP contribution in [0, 0.1) is 0 Å². The largest absolute Gasteiger partial charge is 0.289 e. The Balaban J connectivity index is 2.00. The molecule has 0 saturated heterocycles. The number of carbonyl (C=O) groups is 1. The van der Waals surface area contributed by atoms with Gasteiger partial charge < -0.3 is 0 Å². The molecule has 0 amide bonds. The molecule has 4 heteroatoms. The number of hydrogen-bond acceptors (Lipinski definition) is 3. The van der Waals surface area contributed by atoms with Crippen LogP contribution < -0.4 is 0 Å². The second-order valence-corrected chi connectivity index (χ2v) is 5.12. The number of allylic oxidation sites excluding steroid dienone is 1. The van der Waals surface area contributed by atoms with Gasteiger partial charge >= 0.3 is 0 Å². The van der Waals surface area contributed by atoms with E-state index in [-0.39, 0.29) is 5.78 Å². The van der Waals surface area contributed by atoms with E-state index in [1.54, 1.807) is 22.2 Å². The van der Waals surface area contributed by atoms with Crippen molar-refractivity contribution in [1.82, 2.24) is 9.78 Å². The molecule has 0 unspecified atom stereocenters. The number of thiophene rings is 1. The highest BCUT2D eigenvalue weighted by molar-refractivity contribution is 7.10. The molecule has 3 rings (SSSR count). The minimum Gasteiger partial charge on any atom is -0.289 e. The number of Topliss-reactive ketones (excluding diaryl/α,β-unsaturated/α-hetero) is 1. The zero-order valence-corrected chi connectivity index (χ0v) is 10.3. The van der Waals surface area contributed by atoms with E-state index in [0.29, 0.717) is 0 Å². The van der Waals surface area contributed by atoms with E-state index in [1.165, 1.54) is 0 Å². The summed E-state index contributed by atoms with van der Waals surface area (Å²) in [5.74, 6) is 0.132. The minimum absolute atomic E-state index is 0.132. The molecule has 0 bridgehead atoms. The third-order valence-electron chi connectivity index (χ3n) is 3.09. The third-order valence-corrected chi connectivity index (χ3v) is 3.91. The Labute approximate surface area is 103 Å². The first-order valence-corrected chi connectivity index (χ1v) is 6.43. The van der Waals surface area contributed by atoms with Gasteiger partial charge in [-0.3, -0.25) is 9.48 Å². The van der Waals surface area contributed by atoms with Crippen molar-refractivity contribution in [3.05, 3.63) is 45.4 Å². The molecule has 17 heavy (non-hydrogen) atoms. The van der Waals surface area contributed by atoms with Gasteiger partial charge in [0.25, 0.3) is 0 Å². The summed E-state index contributed by atoms with van der Waals surface area (Å²) in [6.45, 7) is 0. The number of ketones is 1. The Morgan fingerprint density at radius 1 is 1.47 bits per heavy atom. The van der Waals surface area contributed by atoms with Crippen molar-refractivity contribution in [1.29, 1.82) is 0 Å². The Bertz CT molecular complexity index is 593. The van der Waals surface area contributed by atoms with Crippen LogP contribution in [0.25, 0.3) is 6.08 Å². The quantitative estimate of drug-likeness (QED) is 0.723. The molecule has 2 aromatic heterocycles. The van der Waals surface area contributed by atoms with Gasteiger partial charge in [0.1, 0.15) is 0 Å². The van der Waals surface area contributed by atoms with Crippen LogP contribution in [-0.2, 0) is 13.5 Å². The second-order valence-electron chi connectivity index (χ2n) is 4.14. The SMILES string of the molecule is Cn1ncc2c1CC/C(=C/c1cccs1)C2=O. The molecule has 1 aliphatic rings. The molecule has 0 spiro atoms. The summed E-state index contributed by atoms with van der Waals surface area (Å²) in [4.78, 5) is 13.4. The molecule has 86 valence electrons. The highest BCUT2D eigenvalue weighted by Gasteiger charge is 2.24. The van der Waals surface area contributed by atoms with Crippen molar-refractivity contribution in [2.75, 3.05) is 0 Å². The highest BCUT2D eigenvalue weighted by atomic mass is 32.1. The summed E-state index contributed by atoms with van der Waals surface area (Å²) in [5, 5.41) is 6.17. The maximum Gasteiger partial charge on any atom is 0.192 e. The molecular weight excluding hydrogens is 232 g/mol. The summed E-state index contributed by atoms with van der Waals surface area (Å²) in [5.41, 5.74) is 2.72. The summed E-state index contributed by atoms with van der Waals surface area (Å²) in [6.07, 6.45) is 5.39. The van der Waals surface area contributed by atoms with Crippen LogP contribution in [0.5, 0.6) is 0 Å². The number of carbonyl (C=O) groups excluding carboxylic acids is 1. The lowest BCUT2D eigenvalue weighted by atomic mass is 9.91. The standard InChI is InChI=1S/C13H12N2OS/c1-15-12-5-4-9(7-10-3-2-6-17-10)13(16)11(12)8-14-15/h2-3,6-8H,4-5H2,1H3/b9-7-. The van der Waals surface area contributed by atoms with Crippen molar-refractivity contribution in [2.24, 2.45) is 7.05 Å². The highest BCUT2D eigenvalue weighted by Crippen LogP contribution is 2.26. The van der Waals surface area contributed by atoms with Gasteiger partial charge in [0.05, 0.1) is 11.8 Å². The molecule has 2 heterocycles. The van der Waals surface area contributed by atoms with Gasteiger partial charge in [-0.2, -0.15) is 5.10 Å². The zero-order valence-electron chi connectivity index (χ0n) is 9.51.